The third-order valence-corrected chi connectivity index (χ3v) is 4.36. The Morgan fingerprint density at radius 2 is 2.08 bits per heavy atom. The highest BCUT2D eigenvalue weighted by Crippen LogP contribution is 2.34. The molecule has 0 radical (unpaired) electrons. The van der Waals surface area contributed by atoms with Crippen molar-refractivity contribution >= 4 is 34.2 Å². The number of aromatic amines is 1. The van der Waals surface area contributed by atoms with Crippen molar-refractivity contribution in [1.29, 1.82) is 0 Å². The fraction of sp³-hybridized carbons (Fsp3) is 0.263. The van der Waals surface area contributed by atoms with Crippen LogP contribution in [0.4, 0.5) is 5.69 Å². The number of carbonyl (C=O) groups is 1. The number of carbonyl (C=O) groups excluding carboxylic acids is 1. The third kappa shape index (κ3) is 3.83. The van der Waals surface area contributed by atoms with Crippen LogP contribution in [0.5, 0.6) is 0 Å². The number of anilines is 1. The smallest absolute Gasteiger partial charge is 0.241 e. The standard InChI is InChI=1S/C19H21ClN4O/c1-11(2)9-17(21)19(25)24-12-3-4-14(16(20)10-12)13-5-7-22-18-15(13)6-8-23-18/h3-8,10-11,17H,9,21H2,1-2H3,(H,22,23)(H,24,25)/t17-/m0/s1. The van der Waals surface area contributed by atoms with Crippen LogP contribution in [0, 0.1) is 5.92 Å². The highest BCUT2D eigenvalue weighted by molar-refractivity contribution is 6.34. The number of benzene rings is 1. The van der Waals surface area contributed by atoms with E-state index >= 15 is 0 Å². The molecule has 4 N–H and O–H groups in total. The number of hydrogen-bond acceptors (Lipinski definition) is 3. The van der Waals surface area contributed by atoms with Gasteiger partial charge in [-0.25, -0.2) is 4.98 Å². The number of nitrogens with zero attached hydrogens (tertiary/aromatic N) is 1. The molecular weight excluding hydrogens is 336 g/mol. The SMILES string of the molecule is CC(C)C[C@H](N)C(=O)Nc1ccc(-c2ccnc3[nH]ccc23)c(Cl)c1. The summed E-state index contributed by atoms with van der Waals surface area (Å²) in [6.07, 6.45) is 4.23. The van der Waals surface area contributed by atoms with Crippen LogP contribution in [0.25, 0.3) is 22.2 Å². The maximum absolute atomic E-state index is 12.2. The maximum Gasteiger partial charge on any atom is 0.241 e. The highest BCUT2D eigenvalue weighted by Gasteiger charge is 2.16. The summed E-state index contributed by atoms with van der Waals surface area (Å²) in [6, 6.07) is 8.84. The molecule has 0 bridgehead atoms. The van der Waals surface area contributed by atoms with Crippen LogP contribution in [0.1, 0.15) is 20.3 Å². The Hall–Kier alpha value is -2.37. The van der Waals surface area contributed by atoms with E-state index in [0.717, 1.165) is 22.2 Å². The Morgan fingerprint density at radius 3 is 2.80 bits per heavy atom. The molecule has 2 heterocycles. The normalized spacial score (nSPS) is 12.5. The molecule has 25 heavy (non-hydrogen) atoms. The number of nitrogens with two attached hydrogens (primary N) is 1. The predicted molar refractivity (Wildman–Crippen MR) is 103 cm³/mol. The van der Waals surface area contributed by atoms with Gasteiger partial charge in [-0.3, -0.25) is 4.79 Å². The first-order valence-electron chi connectivity index (χ1n) is 8.24. The van der Waals surface area contributed by atoms with E-state index in [9.17, 15) is 4.79 Å². The van der Waals surface area contributed by atoms with E-state index in [1.165, 1.54) is 0 Å². The Morgan fingerprint density at radius 1 is 1.28 bits per heavy atom. The van der Waals surface area contributed by atoms with Crippen LogP contribution in [0.2, 0.25) is 5.02 Å². The summed E-state index contributed by atoms with van der Waals surface area (Å²) in [5.41, 5.74) is 9.25. The van der Waals surface area contributed by atoms with E-state index in [-0.39, 0.29) is 5.91 Å². The molecule has 3 rings (SSSR count). The zero-order chi connectivity index (χ0) is 18.0. The van der Waals surface area contributed by atoms with Crippen LogP contribution in [-0.2, 0) is 4.79 Å². The van der Waals surface area contributed by atoms with Crippen LogP contribution < -0.4 is 11.1 Å². The van der Waals surface area contributed by atoms with E-state index in [4.69, 9.17) is 17.3 Å². The maximum atomic E-state index is 12.2. The van der Waals surface area contributed by atoms with E-state index in [1.807, 2.05) is 44.3 Å². The predicted octanol–water partition coefficient (Wildman–Crippen LogP) is 4.20. The van der Waals surface area contributed by atoms with E-state index in [2.05, 4.69) is 15.3 Å². The van der Waals surface area contributed by atoms with Crippen LogP contribution in [-0.4, -0.2) is 21.9 Å². The van der Waals surface area contributed by atoms with Gasteiger partial charge in [0, 0.05) is 29.0 Å². The van der Waals surface area contributed by atoms with Crippen molar-refractivity contribution in [2.24, 2.45) is 11.7 Å². The average Bonchev–Trinajstić information content (AvgIpc) is 3.03. The minimum absolute atomic E-state index is 0.200. The molecule has 130 valence electrons. The molecule has 1 aromatic carbocycles. The van der Waals surface area contributed by atoms with Crippen molar-refractivity contribution in [3.63, 3.8) is 0 Å². The Balaban J connectivity index is 1.84. The molecule has 0 aliphatic rings. The average molecular weight is 357 g/mol. The quantitative estimate of drug-likeness (QED) is 0.640. The topological polar surface area (TPSA) is 83.8 Å². The first kappa shape index (κ1) is 17.5. The molecule has 0 fully saturated rings. The molecule has 1 atom stereocenters. The van der Waals surface area contributed by atoms with Crippen molar-refractivity contribution in [1.82, 2.24) is 9.97 Å². The van der Waals surface area contributed by atoms with Crippen molar-refractivity contribution in [3.8, 4) is 11.1 Å². The molecule has 0 spiro atoms. The lowest BCUT2D eigenvalue weighted by Gasteiger charge is -2.15. The lowest BCUT2D eigenvalue weighted by molar-refractivity contribution is -0.117. The summed E-state index contributed by atoms with van der Waals surface area (Å²) < 4.78 is 0. The largest absolute Gasteiger partial charge is 0.346 e. The molecule has 6 heteroatoms. The molecule has 0 aliphatic carbocycles. The Bertz CT molecular complexity index is 903. The van der Waals surface area contributed by atoms with Gasteiger partial charge in [0.1, 0.15) is 5.65 Å². The minimum atomic E-state index is -0.530. The van der Waals surface area contributed by atoms with Gasteiger partial charge in [-0.1, -0.05) is 31.5 Å². The van der Waals surface area contributed by atoms with Crippen molar-refractivity contribution in [2.45, 2.75) is 26.3 Å². The molecule has 0 saturated carbocycles. The molecule has 1 amide bonds. The molecule has 0 unspecified atom stereocenters. The lowest BCUT2D eigenvalue weighted by Crippen LogP contribution is -2.36. The fourth-order valence-electron chi connectivity index (χ4n) is 2.86. The van der Waals surface area contributed by atoms with Crippen LogP contribution >= 0.6 is 11.6 Å². The van der Waals surface area contributed by atoms with Crippen LogP contribution in [0.15, 0.2) is 42.7 Å². The van der Waals surface area contributed by atoms with E-state index < -0.39 is 6.04 Å². The third-order valence-electron chi connectivity index (χ3n) is 4.05. The summed E-state index contributed by atoms with van der Waals surface area (Å²) in [5, 5.41) is 4.39. The molecule has 3 aromatic rings. The Labute approximate surface area is 151 Å². The van der Waals surface area contributed by atoms with Gasteiger partial charge in [-0.2, -0.15) is 0 Å². The summed E-state index contributed by atoms with van der Waals surface area (Å²) in [5.74, 6) is 0.164. The van der Waals surface area contributed by atoms with E-state index in [1.54, 1.807) is 12.3 Å². The monoisotopic (exact) mass is 356 g/mol. The first-order chi connectivity index (χ1) is 12.0. The number of aromatic nitrogens is 2. The van der Waals surface area contributed by atoms with Crippen LogP contribution in [0.3, 0.4) is 0 Å². The van der Waals surface area contributed by atoms with Gasteiger partial charge in [0.05, 0.1) is 11.1 Å². The summed E-state index contributed by atoms with van der Waals surface area (Å²) in [4.78, 5) is 19.5. The first-order valence-corrected chi connectivity index (χ1v) is 8.62. The van der Waals surface area contributed by atoms with Crippen molar-refractivity contribution in [3.05, 3.63) is 47.7 Å². The minimum Gasteiger partial charge on any atom is -0.346 e. The summed E-state index contributed by atoms with van der Waals surface area (Å²) >= 11 is 6.47. The second kappa shape index (κ2) is 7.25. The highest BCUT2D eigenvalue weighted by atomic mass is 35.5. The zero-order valence-electron chi connectivity index (χ0n) is 14.2. The number of halogens is 1. The second-order valence-corrected chi connectivity index (χ2v) is 6.93. The second-order valence-electron chi connectivity index (χ2n) is 6.52. The number of fused-ring (bicyclic) bond motifs is 1. The number of hydrogen-bond donors (Lipinski definition) is 3. The number of amides is 1. The molecule has 0 aliphatic heterocycles. The molecular formula is C19H21ClN4O. The van der Waals surface area contributed by atoms with Crippen molar-refractivity contribution in [2.75, 3.05) is 5.32 Å². The number of nitrogens with one attached hydrogen (secondary N) is 2. The van der Waals surface area contributed by atoms with Crippen molar-refractivity contribution < 1.29 is 4.79 Å². The van der Waals surface area contributed by atoms with Gasteiger partial charge in [0.25, 0.3) is 0 Å². The Kier molecular flexibility index (Phi) is 5.06. The number of rotatable bonds is 5. The van der Waals surface area contributed by atoms with Gasteiger partial charge >= 0.3 is 0 Å². The van der Waals surface area contributed by atoms with Gasteiger partial charge < -0.3 is 16.0 Å². The van der Waals surface area contributed by atoms with Gasteiger partial charge in [-0.15, -0.1) is 0 Å². The number of H-pyrrole nitrogens is 1. The van der Waals surface area contributed by atoms with Gasteiger partial charge in [0.2, 0.25) is 5.91 Å². The van der Waals surface area contributed by atoms with Gasteiger partial charge in [0.15, 0.2) is 0 Å². The lowest BCUT2D eigenvalue weighted by atomic mass is 10.0. The fourth-order valence-corrected chi connectivity index (χ4v) is 3.14. The van der Waals surface area contributed by atoms with E-state index in [0.29, 0.717) is 23.0 Å². The zero-order valence-corrected chi connectivity index (χ0v) is 15.0. The van der Waals surface area contributed by atoms with Gasteiger partial charge in [-0.05, 0) is 42.2 Å². The summed E-state index contributed by atoms with van der Waals surface area (Å²) in [7, 11) is 0. The summed E-state index contributed by atoms with van der Waals surface area (Å²) in [6.45, 7) is 4.07. The molecule has 2 aromatic heterocycles. The number of pyridine rings is 1. The molecule has 0 saturated heterocycles. The molecule has 5 nitrogen and oxygen atoms in total.